The van der Waals surface area contributed by atoms with Crippen molar-refractivity contribution in [3.63, 3.8) is 0 Å². The molecule has 0 aliphatic carbocycles. The van der Waals surface area contributed by atoms with Crippen LogP contribution in [0.3, 0.4) is 0 Å². The Morgan fingerprint density at radius 2 is 1.65 bits per heavy atom. The van der Waals surface area contributed by atoms with Gasteiger partial charge in [0.25, 0.3) is 5.91 Å². The Bertz CT molecular complexity index is 978. The maximum Gasteiger partial charge on any atom is 0.251 e. The number of nitrogens with zero attached hydrogens (tertiary/aromatic N) is 1. The minimum atomic E-state index is -0.695. The van der Waals surface area contributed by atoms with Crippen LogP contribution in [0.25, 0.3) is 0 Å². The number of nitrogens with one attached hydrogen (secondary N) is 3. The fraction of sp³-hybridized carbons (Fsp3) is 0.444. The highest BCUT2D eigenvalue weighted by atomic mass is 16.2. The summed E-state index contributed by atoms with van der Waals surface area (Å²) in [5, 5.41) is 8.57. The van der Waals surface area contributed by atoms with Crippen LogP contribution in [0.2, 0.25) is 0 Å². The third kappa shape index (κ3) is 9.75. The summed E-state index contributed by atoms with van der Waals surface area (Å²) in [6.45, 7) is 8.85. The predicted molar refractivity (Wildman–Crippen MR) is 137 cm³/mol. The predicted octanol–water partition coefficient (Wildman–Crippen LogP) is 3.60. The van der Waals surface area contributed by atoms with Gasteiger partial charge in [-0.1, -0.05) is 45.0 Å². The summed E-state index contributed by atoms with van der Waals surface area (Å²) in [7, 11) is 4.08. The minimum Gasteiger partial charge on any atom is -0.352 e. The molecule has 2 aromatic carbocycles. The van der Waals surface area contributed by atoms with Gasteiger partial charge in [-0.05, 0) is 67.7 Å². The van der Waals surface area contributed by atoms with E-state index in [0.29, 0.717) is 24.2 Å². The molecule has 2 aromatic rings. The van der Waals surface area contributed by atoms with Crippen molar-refractivity contribution in [1.29, 1.82) is 0 Å². The van der Waals surface area contributed by atoms with E-state index in [-0.39, 0.29) is 23.1 Å². The van der Waals surface area contributed by atoms with Gasteiger partial charge in [-0.2, -0.15) is 0 Å². The van der Waals surface area contributed by atoms with Crippen LogP contribution >= 0.6 is 0 Å². The number of carbonyl (C=O) groups excluding carboxylic acids is 3. The van der Waals surface area contributed by atoms with E-state index in [1.54, 1.807) is 18.2 Å². The van der Waals surface area contributed by atoms with E-state index in [2.05, 4.69) is 20.9 Å². The van der Waals surface area contributed by atoms with Crippen molar-refractivity contribution >= 4 is 23.4 Å². The third-order valence-electron chi connectivity index (χ3n) is 5.24. The third-order valence-corrected chi connectivity index (χ3v) is 5.24. The molecule has 184 valence electrons. The molecule has 0 aliphatic heterocycles. The smallest absolute Gasteiger partial charge is 0.251 e. The van der Waals surface area contributed by atoms with E-state index in [4.69, 9.17) is 0 Å². The Balaban J connectivity index is 2.09. The molecular weight excluding hydrogens is 428 g/mol. The molecule has 0 saturated carbocycles. The molecule has 0 unspecified atom stereocenters. The molecule has 0 saturated heterocycles. The van der Waals surface area contributed by atoms with E-state index < -0.39 is 6.04 Å². The normalized spacial score (nSPS) is 12.2. The number of benzene rings is 2. The molecule has 0 bridgehead atoms. The highest BCUT2D eigenvalue weighted by Gasteiger charge is 2.27. The minimum absolute atomic E-state index is 0.137. The van der Waals surface area contributed by atoms with Crippen molar-refractivity contribution in [2.24, 2.45) is 5.41 Å². The summed E-state index contributed by atoms with van der Waals surface area (Å²) in [5.41, 5.74) is 2.99. The molecule has 7 heteroatoms. The number of carbonyl (C=O) groups is 3. The van der Waals surface area contributed by atoms with Crippen molar-refractivity contribution in [2.75, 3.05) is 26.0 Å². The van der Waals surface area contributed by atoms with Crippen LogP contribution < -0.4 is 16.0 Å². The van der Waals surface area contributed by atoms with Crippen molar-refractivity contribution in [2.45, 2.75) is 53.1 Å². The van der Waals surface area contributed by atoms with E-state index in [0.717, 1.165) is 18.5 Å². The Kier molecular flexibility index (Phi) is 9.81. The summed E-state index contributed by atoms with van der Waals surface area (Å²) in [6.07, 6.45) is 1.42. The molecule has 0 fully saturated rings. The van der Waals surface area contributed by atoms with Gasteiger partial charge in [0.05, 0.1) is 0 Å². The first kappa shape index (κ1) is 27.1. The second-order valence-corrected chi connectivity index (χ2v) is 10.1. The number of likely N-dealkylation sites (N-methyl/N-ethyl adjacent to an activating group) is 1. The summed E-state index contributed by atoms with van der Waals surface area (Å²) < 4.78 is 0. The highest BCUT2D eigenvalue weighted by Crippen LogP contribution is 2.22. The van der Waals surface area contributed by atoms with Crippen molar-refractivity contribution < 1.29 is 14.4 Å². The van der Waals surface area contributed by atoms with Gasteiger partial charge in [0.2, 0.25) is 11.8 Å². The number of hydrogen-bond acceptors (Lipinski definition) is 4. The number of amides is 3. The van der Waals surface area contributed by atoms with Crippen molar-refractivity contribution in [3.05, 3.63) is 65.2 Å². The Morgan fingerprint density at radius 3 is 2.24 bits per heavy atom. The van der Waals surface area contributed by atoms with Gasteiger partial charge in [-0.25, -0.2) is 0 Å². The van der Waals surface area contributed by atoms with Crippen LogP contribution in [-0.4, -0.2) is 49.3 Å². The number of hydrogen-bond donors (Lipinski definition) is 3. The lowest BCUT2D eigenvalue weighted by molar-refractivity contribution is -0.119. The van der Waals surface area contributed by atoms with Gasteiger partial charge in [-0.3, -0.25) is 14.4 Å². The van der Waals surface area contributed by atoms with Gasteiger partial charge < -0.3 is 20.9 Å². The first-order chi connectivity index (χ1) is 15.9. The highest BCUT2D eigenvalue weighted by molar-refractivity contribution is 6.01. The van der Waals surface area contributed by atoms with Gasteiger partial charge in [0.15, 0.2) is 0 Å². The Morgan fingerprint density at radius 1 is 0.971 bits per heavy atom. The summed E-state index contributed by atoms with van der Waals surface area (Å²) in [4.78, 5) is 39.4. The van der Waals surface area contributed by atoms with Crippen LogP contribution in [0.15, 0.2) is 48.5 Å². The largest absolute Gasteiger partial charge is 0.352 e. The summed E-state index contributed by atoms with van der Waals surface area (Å²) in [5.74, 6) is -0.714. The van der Waals surface area contributed by atoms with E-state index in [1.165, 1.54) is 12.5 Å². The monoisotopic (exact) mass is 466 g/mol. The van der Waals surface area contributed by atoms with E-state index in [1.807, 2.05) is 65.2 Å². The van der Waals surface area contributed by atoms with Crippen LogP contribution in [-0.2, 0) is 22.6 Å². The molecule has 34 heavy (non-hydrogen) atoms. The fourth-order valence-corrected chi connectivity index (χ4v) is 3.45. The molecule has 0 aromatic heterocycles. The fourth-order valence-electron chi connectivity index (χ4n) is 3.45. The molecule has 2 rings (SSSR count). The zero-order chi connectivity index (χ0) is 25.3. The van der Waals surface area contributed by atoms with Crippen molar-refractivity contribution in [1.82, 2.24) is 15.5 Å². The number of rotatable bonds is 10. The van der Waals surface area contributed by atoms with Crippen LogP contribution in [0, 0.1) is 5.41 Å². The average molecular weight is 467 g/mol. The molecule has 3 N–H and O–H groups in total. The van der Waals surface area contributed by atoms with Gasteiger partial charge >= 0.3 is 0 Å². The molecule has 0 spiro atoms. The topological polar surface area (TPSA) is 90.5 Å². The molecule has 0 heterocycles. The molecule has 3 amide bonds. The second-order valence-electron chi connectivity index (χ2n) is 10.1. The van der Waals surface area contributed by atoms with Crippen molar-refractivity contribution in [3.8, 4) is 0 Å². The van der Waals surface area contributed by atoms with Gasteiger partial charge in [0, 0.05) is 31.3 Å². The van der Waals surface area contributed by atoms with Gasteiger partial charge in [0.1, 0.15) is 6.04 Å². The van der Waals surface area contributed by atoms with E-state index in [9.17, 15) is 14.4 Å². The molecule has 0 radical (unpaired) electrons. The summed E-state index contributed by atoms with van der Waals surface area (Å²) in [6, 6.07) is 14.1. The molecule has 0 aliphatic rings. The Hall–Kier alpha value is -3.19. The quantitative estimate of drug-likeness (QED) is 0.499. The van der Waals surface area contributed by atoms with Crippen LogP contribution in [0.4, 0.5) is 5.69 Å². The lowest BCUT2D eigenvalue weighted by Crippen LogP contribution is -2.45. The Labute approximate surface area is 203 Å². The molecular formula is C27H38N4O3. The molecule has 1 atom stereocenters. The summed E-state index contributed by atoms with van der Waals surface area (Å²) >= 11 is 0. The SMILES string of the molecule is CC(=O)NCc1cccc(C(=O)N[C@@H](CC(C)(C)C)C(=O)Nc2ccc(CCN(C)C)cc2)c1. The first-order valence-corrected chi connectivity index (χ1v) is 11.6. The van der Waals surface area contributed by atoms with Gasteiger partial charge in [-0.15, -0.1) is 0 Å². The standard InChI is InChI=1S/C27H38N4O3/c1-19(32)28-18-21-8-7-9-22(16-21)25(33)30-24(17-27(2,3)4)26(34)29-23-12-10-20(11-13-23)14-15-31(5)6/h7-13,16,24H,14-15,17-18H2,1-6H3,(H,28,32)(H,29,34)(H,30,33)/t24-/m0/s1. The lowest BCUT2D eigenvalue weighted by Gasteiger charge is -2.26. The second kappa shape index (κ2) is 12.3. The van der Waals surface area contributed by atoms with E-state index >= 15 is 0 Å². The average Bonchev–Trinajstić information content (AvgIpc) is 2.76. The first-order valence-electron chi connectivity index (χ1n) is 11.6. The maximum atomic E-state index is 13.1. The zero-order valence-corrected chi connectivity index (χ0v) is 21.2. The zero-order valence-electron chi connectivity index (χ0n) is 21.2. The number of anilines is 1. The van der Waals surface area contributed by atoms with Crippen LogP contribution in [0.5, 0.6) is 0 Å². The molecule has 7 nitrogen and oxygen atoms in total. The van der Waals surface area contributed by atoms with Crippen LogP contribution in [0.1, 0.15) is 55.6 Å². The lowest BCUT2D eigenvalue weighted by atomic mass is 9.87. The maximum absolute atomic E-state index is 13.1.